The van der Waals surface area contributed by atoms with Crippen LogP contribution in [-0.4, -0.2) is 6.21 Å². The summed E-state index contributed by atoms with van der Waals surface area (Å²) in [5.74, 6) is 0.566. The highest BCUT2D eigenvalue weighted by Crippen LogP contribution is 2.26. The summed E-state index contributed by atoms with van der Waals surface area (Å²) in [6.45, 7) is 10.8. The van der Waals surface area contributed by atoms with Crippen LogP contribution in [0.3, 0.4) is 0 Å². The third-order valence-electron chi connectivity index (χ3n) is 1.79. The van der Waals surface area contributed by atoms with E-state index in [-0.39, 0.29) is 5.41 Å². The number of allylic oxidation sites excluding steroid dienone is 4. The fourth-order valence-corrected chi connectivity index (χ4v) is 0.941. The van der Waals surface area contributed by atoms with Gasteiger partial charge in [0.25, 0.3) is 0 Å². The molecule has 0 aliphatic carbocycles. The smallest absolute Gasteiger partial charge is 0.0180 e. The molecule has 1 nitrogen and oxygen atoms in total. The maximum atomic E-state index is 7.06. The van der Waals surface area contributed by atoms with Gasteiger partial charge in [0.2, 0.25) is 0 Å². The molecule has 0 amide bonds. The normalized spacial score (nSPS) is 14.2. The second kappa shape index (κ2) is 5.00. The summed E-state index contributed by atoms with van der Waals surface area (Å²) >= 11 is 0. The zero-order chi connectivity index (χ0) is 10.5. The first-order chi connectivity index (χ1) is 5.88. The van der Waals surface area contributed by atoms with E-state index < -0.39 is 0 Å². The molecule has 0 aliphatic heterocycles. The summed E-state index contributed by atoms with van der Waals surface area (Å²) in [5, 5.41) is 7.06. The number of hydrogen-bond donors (Lipinski definition) is 1. The van der Waals surface area contributed by atoms with Crippen LogP contribution in [0.5, 0.6) is 0 Å². The Kier molecular flexibility index (Phi) is 4.68. The van der Waals surface area contributed by atoms with Gasteiger partial charge in [-0.05, 0) is 23.0 Å². The van der Waals surface area contributed by atoms with Gasteiger partial charge < -0.3 is 5.41 Å². The average molecular weight is 179 g/mol. The molecule has 0 bridgehead atoms. The predicted molar refractivity (Wildman–Crippen MR) is 60.3 cm³/mol. The van der Waals surface area contributed by atoms with E-state index in [0.29, 0.717) is 5.92 Å². The molecule has 0 aromatic heterocycles. The highest BCUT2D eigenvalue weighted by molar-refractivity contribution is 5.70. The first kappa shape index (κ1) is 12.2. The summed E-state index contributed by atoms with van der Waals surface area (Å²) in [6, 6.07) is 0. The zero-order valence-corrected chi connectivity index (χ0v) is 9.39. The van der Waals surface area contributed by atoms with E-state index in [1.807, 2.05) is 6.08 Å². The van der Waals surface area contributed by atoms with Crippen LogP contribution in [0.25, 0.3) is 0 Å². The van der Waals surface area contributed by atoms with E-state index in [9.17, 15) is 0 Å². The van der Waals surface area contributed by atoms with Crippen LogP contribution in [0.4, 0.5) is 0 Å². The topological polar surface area (TPSA) is 23.9 Å². The molecular weight excluding hydrogens is 158 g/mol. The van der Waals surface area contributed by atoms with Gasteiger partial charge in [-0.15, -0.1) is 0 Å². The number of nitrogens with one attached hydrogen (secondary N) is 1. The molecule has 0 saturated heterocycles. The first-order valence-electron chi connectivity index (χ1n) is 4.77. The molecule has 0 unspecified atom stereocenters. The van der Waals surface area contributed by atoms with Crippen molar-refractivity contribution in [3.8, 4) is 0 Å². The third-order valence-corrected chi connectivity index (χ3v) is 1.79. The Morgan fingerprint density at radius 2 is 1.77 bits per heavy atom. The lowest BCUT2D eigenvalue weighted by molar-refractivity contribution is 0.517. The monoisotopic (exact) mass is 179 g/mol. The van der Waals surface area contributed by atoms with Crippen molar-refractivity contribution in [2.24, 2.45) is 11.3 Å². The highest BCUT2D eigenvalue weighted by Gasteiger charge is 2.13. The van der Waals surface area contributed by atoms with E-state index in [1.165, 1.54) is 11.8 Å². The molecule has 0 saturated carbocycles. The van der Waals surface area contributed by atoms with Gasteiger partial charge in [0.1, 0.15) is 0 Å². The average Bonchev–Trinajstić information content (AvgIpc) is 1.95. The van der Waals surface area contributed by atoms with E-state index in [4.69, 9.17) is 5.41 Å². The van der Waals surface area contributed by atoms with Gasteiger partial charge in [0.05, 0.1) is 0 Å². The fraction of sp³-hybridized carbons (Fsp3) is 0.583. The summed E-state index contributed by atoms with van der Waals surface area (Å²) in [7, 11) is 0. The molecule has 0 aromatic rings. The maximum Gasteiger partial charge on any atom is 0.0180 e. The van der Waals surface area contributed by atoms with Crippen molar-refractivity contribution >= 4 is 6.21 Å². The lowest BCUT2D eigenvalue weighted by atomic mass is 9.85. The molecule has 0 rings (SSSR count). The van der Waals surface area contributed by atoms with E-state index in [0.717, 1.165) is 0 Å². The second-order valence-electron chi connectivity index (χ2n) is 4.64. The molecule has 74 valence electrons. The van der Waals surface area contributed by atoms with Gasteiger partial charge in [-0.3, -0.25) is 0 Å². The molecule has 0 radical (unpaired) electrons. The summed E-state index contributed by atoms with van der Waals surface area (Å²) in [6.07, 6.45) is 7.50. The first-order valence-corrected chi connectivity index (χ1v) is 4.77. The number of hydrogen-bond acceptors (Lipinski definition) is 1. The van der Waals surface area contributed by atoms with Gasteiger partial charge in [-0.2, -0.15) is 0 Å². The second-order valence-corrected chi connectivity index (χ2v) is 4.64. The Labute approximate surface area is 82.1 Å². The minimum Gasteiger partial charge on any atom is -0.309 e. The standard InChI is InChI=1S/C12H21N/c1-10(2)6-7-11(8-9-13)12(3,4)5/h6-10,13H,1-5H3/b7-6?,11-8+,13-9?. The Balaban J connectivity index is 4.65. The minimum absolute atomic E-state index is 0.128. The molecule has 0 aromatic carbocycles. The molecule has 0 aliphatic rings. The molecule has 0 heterocycles. The lowest BCUT2D eigenvalue weighted by Gasteiger charge is -2.19. The summed E-state index contributed by atoms with van der Waals surface area (Å²) in [5.41, 5.74) is 1.33. The van der Waals surface area contributed by atoms with Gasteiger partial charge in [0.15, 0.2) is 0 Å². The lowest BCUT2D eigenvalue weighted by Crippen LogP contribution is -2.07. The van der Waals surface area contributed by atoms with Crippen molar-refractivity contribution in [1.29, 1.82) is 5.41 Å². The Morgan fingerprint density at radius 3 is 2.08 bits per heavy atom. The molecule has 1 heteroatoms. The van der Waals surface area contributed by atoms with Gasteiger partial charge in [-0.1, -0.05) is 46.8 Å². The van der Waals surface area contributed by atoms with Crippen LogP contribution in [0.1, 0.15) is 34.6 Å². The van der Waals surface area contributed by atoms with Gasteiger partial charge in [-0.25, -0.2) is 0 Å². The van der Waals surface area contributed by atoms with Crippen LogP contribution < -0.4 is 0 Å². The van der Waals surface area contributed by atoms with Crippen LogP contribution in [0.2, 0.25) is 0 Å². The molecule has 1 N–H and O–H groups in total. The van der Waals surface area contributed by atoms with Crippen LogP contribution in [-0.2, 0) is 0 Å². The van der Waals surface area contributed by atoms with Gasteiger partial charge >= 0.3 is 0 Å². The Hall–Kier alpha value is -0.850. The summed E-state index contributed by atoms with van der Waals surface area (Å²) in [4.78, 5) is 0. The summed E-state index contributed by atoms with van der Waals surface area (Å²) < 4.78 is 0. The van der Waals surface area contributed by atoms with Gasteiger partial charge in [0, 0.05) is 6.21 Å². The SMILES string of the molecule is CC(C)C=C/C(=C\C=N)C(C)(C)C. The van der Waals surface area contributed by atoms with Crippen molar-refractivity contribution in [2.45, 2.75) is 34.6 Å². The molecular formula is C12H21N. The van der Waals surface area contributed by atoms with Crippen molar-refractivity contribution in [2.75, 3.05) is 0 Å². The van der Waals surface area contributed by atoms with E-state index in [1.54, 1.807) is 0 Å². The highest BCUT2D eigenvalue weighted by atomic mass is 14.3. The van der Waals surface area contributed by atoms with Crippen LogP contribution >= 0.6 is 0 Å². The number of rotatable bonds is 3. The van der Waals surface area contributed by atoms with Crippen LogP contribution in [0.15, 0.2) is 23.8 Å². The molecule has 0 atom stereocenters. The minimum atomic E-state index is 0.128. The zero-order valence-electron chi connectivity index (χ0n) is 9.39. The molecule has 0 spiro atoms. The van der Waals surface area contributed by atoms with Crippen molar-refractivity contribution < 1.29 is 0 Å². The van der Waals surface area contributed by atoms with Crippen molar-refractivity contribution in [1.82, 2.24) is 0 Å². The fourth-order valence-electron chi connectivity index (χ4n) is 0.941. The largest absolute Gasteiger partial charge is 0.309 e. The predicted octanol–water partition coefficient (Wildman–Crippen LogP) is 3.82. The van der Waals surface area contributed by atoms with E-state index >= 15 is 0 Å². The third kappa shape index (κ3) is 5.40. The Bertz CT molecular complexity index is 214. The maximum absolute atomic E-state index is 7.06. The molecule has 0 fully saturated rings. The van der Waals surface area contributed by atoms with Crippen LogP contribution in [0, 0.1) is 16.7 Å². The van der Waals surface area contributed by atoms with Crippen molar-refractivity contribution in [3.05, 3.63) is 23.8 Å². The Morgan fingerprint density at radius 1 is 1.23 bits per heavy atom. The molecule has 13 heavy (non-hydrogen) atoms. The quantitative estimate of drug-likeness (QED) is 0.503. The van der Waals surface area contributed by atoms with E-state index in [2.05, 4.69) is 46.8 Å². The van der Waals surface area contributed by atoms with Crippen molar-refractivity contribution in [3.63, 3.8) is 0 Å².